The lowest BCUT2D eigenvalue weighted by Crippen LogP contribution is -1.46. The van der Waals surface area contributed by atoms with Crippen molar-refractivity contribution in [2.75, 3.05) is 0 Å². The molecule has 0 atom stereocenters. The first kappa shape index (κ1) is 5.81. The van der Waals surface area contributed by atoms with Crippen LogP contribution in [0.3, 0.4) is 0 Å². The average Bonchev–Trinajstić information content (AvgIpc) is 1.38. The summed E-state index contributed by atoms with van der Waals surface area (Å²) in [7, 11) is -0.716. The summed E-state index contributed by atoms with van der Waals surface area (Å²) in [6, 6.07) is 0. The number of nitrogens with zero attached hydrogens (tertiary/aromatic N) is 1. The molecule has 0 aromatic carbocycles. The van der Waals surface area contributed by atoms with Gasteiger partial charge in [0.05, 0.1) is 0 Å². The van der Waals surface area contributed by atoms with Gasteiger partial charge in [-0.05, 0) is 0 Å². The lowest BCUT2D eigenvalue weighted by molar-refractivity contribution is 2.13. The van der Waals surface area contributed by atoms with Crippen LogP contribution in [0.1, 0.15) is 0 Å². The third-order valence-corrected chi connectivity index (χ3v) is 1.64. The molecule has 0 saturated heterocycles. The fourth-order valence-electron chi connectivity index (χ4n) is 0. The second-order valence-electron chi connectivity index (χ2n) is 0.292. The first-order valence-electron chi connectivity index (χ1n) is 0.698. The van der Waals surface area contributed by atoms with Crippen molar-refractivity contribution in [1.29, 1.82) is 0 Å². The molecule has 0 bridgehead atoms. The van der Waals surface area contributed by atoms with E-state index in [1.54, 1.807) is 0 Å². The molecule has 0 amide bonds. The van der Waals surface area contributed by atoms with E-state index in [2.05, 4.69) is 38.6 Å². The van der Waals surface area contributed by atoms with Crippen molar-refractivity contribution in [3.05, 3.63) is 0 Å². The largest absolute Gasteiger partial charge is 0.313 e. The minimum absolute atomic E-state index is 0.716. The summed E-state index contributed by atoms with van der Waals surface area (Å²) in [4.78, 5) is 0. The summed E-state index contributed by atoms with van der Waals surface area (Å²) in [5, 5.41) is 0. The van der Waals surface area contributed by atoms with Crippen molar-refractivity contribution >= 4 is 43.0 Å². The van der Waals surface area contributed by atoms with Gasteiger partial charge in [-0.1, -0.05) is 0 Å². The highest BCUT2D eigenvalue weighted by Gasteiger charge is 1.28. The highest BCUT2D eigenvalue weighted by atomic mass is 33.1. The van der Waals surface area contributed by atoms with Crippen molar-refractivity contribution < 1.29 is 0 Å². The van der Waals surface area contributed by atoms with Gasteiger partial charge in [-0.15, -0.1) is 0 Å². The van der Waals surface area contributed by atoms with Gasteiger partial charge in [-0.3, -0.25) is 0 Å². The zero-order chi connectivity index (χ0) is 4.28. The summed E-state index contributed by atoms with van der Waals surface area (Å²) in [5.74, 6) is 0. The van der Waals surface area contributed by atoms with Gasteiger partial charge in [0.15, 0.2) is 0 Å². The van der Waals surface area contributed by atoms with E-state index in [4.69, 9.17) is 0 Å². The van der Waals surface area contributed by atoms with Crippen molar-refractivity contribution in [2.45, 2.75) is 0 Å². The first-order chi connectivity index (χ1) is 2.27. The molecule has 0 N–H and O–H groups in total. The zero-order valence-corrected chi connectivity index (χ0v) is 5.35. The van der Waals surface area contributed by atoms with Crippen LogP contribution in [0, 0.1) is 0 Å². The fourth-order valence-corrected chi connectivity index (χ4v) is 0. The Kier molecular flexibility index (Phi) is 3.51. The minimum atomic E-state index is -0.716. The molecule has 0 saturated carbocycles. The average molecular weight is 142 g/mol. The Balaban J connectivity index is 3.69. The summed E-state index contributed by atoms with van der Waals surface area (Å²) in [6.07, 6.45) is 0. The Bertz CT molecular complexity index is 79.8. The van der Waals surface area contributed by atoms with Crippen LogP contribution in [-0.2, 0) is 43.0 Å². The SMILES string of the molecule is S=N[S-](=S)=S. The highest BCUT2D eigenvalue weighted by molar-refractivity contribution is 8.46. The maximum absolute atomic E-state index is 4.35. The van der Waals surface area contributed by atoms with Crippen molar-refractivity contribution in [2.24, 2.45) is 3.77 Å². The van der Waals surface area contributed by atoms with Crippen LogP contribution in [0.15, 0.2) is 3.77 Å². The minimum Gasteiger partial charge on any atom is -0.313 e. The Morgan fingerprint density at radius 1 is 1.40 bits per heavy atom. The van der Waals surface area contributed by atoms with Crippen LogP contribution >= 0.6 is 0 Å². The second kappa shape index (κ2) is 3.02. The van der Waals surface area contributed by atoms with E-state index >= 15 is 0 Å². The zero-order valence-electron chi connectivity index (χ0n) is 2.08. The third-order valence-electron chi connectivity index (χ3n) is 0.0609. The fraction of sp³-hybridized carbons (Fsp3) is 0. The Morgan fingerprint density at radius 3 is 1.60 bits per heavy atom. The molecule has 5 heavy (non-hydrogen) atoms. The second-order valence-corrected chi connectivity index (χ2v) is 3.85. The van der Waals surface area contributed by atoms with Gasteiger partial charge in [0.1, 0.15) is 0 Å². The first-order valence-corrected chi connectivity index (χ1v) is 4.10. The molecule has 5 heteroatoms. The van der Waals surface area contributed by atoms with Gasteiger partial charge < -0.3 is 3.77 Å². The molecule has 0 aromatic heterocycles. The summed E-state index contributed by atoms with van der Waals surface area (Å²) in [6.45, 7) is 0. The lowest BCUT2D eigenvalue weighted by atomic mass is 13.9. The molecule has 0 rings (SSSR count). The molecule has 0 spiro atoms. The molecule has 1 nitrogen and oxygen atoms in total. The third kappa shape index (κ3) is 4.81. The van der Waals surface area contributed by atoms with E-state index in [0.717, 1.165) is 0 Å². The van der Waals surface area contributed by atoms with Crippen molar-refractivity contribution in [3.63, 3.8) is 0 Å². The molecule has 0 radical (unpaired) electrons. The number of hydrogen-bond donors (Lipinski definition) is 0. The predicted molar refractivity (Wildman–Crippen MR) is 31.9 cm³/mol. The molecule has 0 aliphatic rings. The summed E-state index contributed by atoms with van der Waals surface area (Å²) in [5.41, 5.74) is 0. The van der Waals surface area contributed by atoms with Gasteiger partial charge in [0.2, 0.25) is 0 Å². The van der Waals surface area contributed by atoms with Crippen LogP contribution in [0.5, 0.6) is 0 Å². The Labute approximate surface area is 46.9 Å². The summed E-state index contributed by atoms with van der Waals surface area (Å²) >= 11 is 12.8. The number of hydrogen-bond acceptors (Lipinski definition) is 4. The van der Waals surface area contributed by atoms with Crippen LogP contribution in [0.4, 0.5) is 0 Å². The van der Waals surface area contributed by atoms with E-state index in [1.807, 2.05) is 0 Å². The van der Waals surface area contributed by atoms with Gasteiger partial charge in [-0.25, -0.2) is 30.6 Å². The maximum Gasteiger partial charge on any atom is 0.0123 e. The van der Waals surface area contributed by atoms with E-state index in [1.165, 1.54) is 0 Å². The molecule has 0 aliphatic heterocycles. The normalized spacial score (nSPS) is 8.20. The quantitative estimate of drug-likeness (QED) is 0.484. The lowest BCUT2D eigenvalue weighted by Gasteiger charge is -1.75. The number of rotatable bonds is 1. The van der Waals surface area contributed by atoms with E-state index in [-0.39, 0.29) is 0 Å². The molecular weight excluding hydrogens is 142 g/mol. The molecule has 0 fully saturated rings. The molecule has 0 unspecified atom stereocenters. The van der Waals surface area contributed by atoms with Crippen molar-refractivity contribution in [3.8, 4) is 0 Å². The maximum atomic E-state index is 4.35. The predicted octanol–water partition coefficient (Wildman–Crippen LogP) is 0.174. The van der Waals surface area contributed by atoms with Gasteiger partial charge >= 0.3 is 0 Å². The van der Waals surface area contributed by atoms with Gasteiger partial charge in [0.25, 0.3) is 0 Å². The Hall–Kier alpha value is 0.810. The van der Waals surface area contributed by atoms with Crippen LogP contribution in [0.2, 0.25) is 0 Å². The monoisotopic (exact) mass is 142 g/mol. The molecule has 0 heterocycles. The standard InChI is InChI=1S/NS4/c2-1-5(3)4/q-1. The van der Waals surface area contributed by atoms with Crippen LogP contribution in [-0.4, -0.2) is 0 Å². The van der Waals surface area contributed by atoms with Crippen LogP contribution < -0.4 is 0 Å². The van der Waals surface area contributed by atoms with E-state index in [0.29, 0.717) is 0 Å². The van der Waals surface area contributed by atoms with Crippen LogP contribution in [0.25, 0.3) is 0 Å². The molecule has 0 aromatic rings. The molecule has 0 aliphatic carbocycles. The van der Waals surface area contributed by atoms with E-state index < -0.39 is 8.20 Å². The Morgan fingerprint density at radius 2 is 1.60 bits per heavy atom. The highest BCUT2D eigenvalue weighted by Crippen LogP contribution is 1.57. The van der Waals surface area contributed by atoms with E-state index in [9.17, 15) is 0 Å². The topological polar surface area (TPSA) is 12.4 Å². The van der Waals surface area contributed by atoms with Crippen molar-refractivity contribution in [1.82, 2.24) is 0 Å². The summed E-state index contributed by atoms with van der Waals surface area (Å²) < 4.78 is 3.13. The van der Waals surface area contributed by atoms with Gasteiger partial charge in [0, 0.05) is 12.4 Å². The van der Waals surface area contributed by atoms with Gasteiger partial charge in [-0.2, -0.15) is 0 Å². The molecule has 30 valence electrons. The molecular formula is NS4-. The smallest absolute Gasteiger partial charge is 0.0123 e.